The van der Waals surface area contributed by atoms with E-state index in [9.17, 15) is 18.5 Å². The molecule has 0 saturated heterocycles. The highest BCUT2D eigenvalue weighted by atomic mass is 32.2. The van der Waals surface area contributed by atoms with Crippen LogP contribution in [0.1, 0.15) is 27.2 Å². The van der Waals surface area contributed by atoms with E-state index in [1.165, 1.54) is 19.2 Å². The van der Waals surface area contributed by atoms with Crippen LogP contribution in [0.5, 0.6) is 0 Å². The maximum Gasteiger partial charge on any atom is 0.291 e. The highest BCUT2D eigenvalue weighted by Crippen LogP contribution is 2.29. The third-order valence-corrected chi connectivity index (χ3v) is 5.20. The molecule has 0 heterocycles. The lowest BCUT2D eigenvalue weighted by molar-refractivity contribution is -0.387. The Bertz CT molecular complexity index is 614. The zero-order chi connectivity index (χ0) is 16.2. The molecule has 1 rings (SSSR count). The number of nitrogens with one attached hydrogen (secondary N) is 1. The molecule has 0 aliphatic carbocycles. The molecule has 0 amide bonds. The molecule has 0 aromatic heterocycles. The molecular weight excluding hydrogens is 294 g/mol. The number of nitrogens with zero attached hydrogens (tertiary/aromatic N) is 2. The first kappa shape index (κ1) is 17.4. The molecule has 0 unspecified atom stereocenters. The number of hydrogen-bond acceptors (Lipinski definition) is 5. The lowest BCUT2D eigenvalue weighted by Crippen LogP contribution is -2.33. The van der Waals surface area contributed by atoms with Crippen LogP contribution < -0.4 is 5.32 Å². The summed E-state index contributed by atoms with van der Waals surface area (Å²) < 4.78 is 26.0. The fourth-order valence-corrected chi connectivity index (χ4v) is 3.19. The van der Waals surface area contributed by atoms with E-state index in [2.05, 4.69) is 5.32 Å². The fraction of sp³-hybridized carbons (Fsp3) is 0.538. The predicted molar refractivity (Wildman–Crippen MR) is 82.0 cm³/mol. The van der Waals surface area contributed by atoms with Gasteiger partial charge in [0.1, 0.15) is 0 Å². The molecule has 21 heavy (non-hydrogen) atoms. The van der Waals surface area contributed by atoms with E-state index in [0.717, 1.165) is 10.7 Å². The van der Waals surface area contributed by atoms with E-state index < -0.39 is 20.6 Å². The van der Waals surface area contributed by atoms with Crippen LogP contribution >= 0.6 is 0 Å². The molecule has 1 aromatic rings. The van der Waals surface area contributed by atoms with E-state index in [1.54, 1.807) is 19.9 Å². The molecule has 1 N–H and O–H groups in total. The number of anilines is 1. The average molecular weight is 315 g/mol. The van der Waals surface area contributed by atoms with Gasteiger partial charge in [-0.15, -0.1) is 0 Å². The maximum atomic E-state index is 12.4. The summed E-state index contributed by atoms with van der Waals surface area (Å²) in [5, 5.41) is 14.2. The molecule has 8 heteroatoms. The smallest absolute Gasteiger partial charge is 0.291 e. The van der Waals surface area contributed by atoms with Gasteiger partial charge in [0.25, 0.3) is 5.69 Å². The number of rotatable bonds is 7. The minimum absolute atomic E-state index is 0.285. The molecule has 0 fully saturated rings. The van der Waals surface area contributed by atoms with E-state index in [4.69, 9.17) is 0 Å². The summed E-state index contributed by atoms with van der Waals surface area (Å²) in [5.41, 5.74) is 0.123. The minimum Gasteiger partial charge on any atom is -0.385 e. The molecule has 0 radical (unpaired) electrons. The third-order valence-electron chi connectivity index (χ3n) is 3.12. The van der Waals surface area contributed by atoms with Gasteiger partial charge in [0.05, 0.1) is 4.92 Å². The van der Waals surface area contributed by atoms with E-state index in [0.29, 0.717) is 12.2 Å². The van der Waals surface area contributed by atoms with E-state index in [1.807, 2.05) is 6.92 Å². The first-order valence-corrected chi connectivity index (χ1v) is 8.16. The highest BCUT2D eigenvalue weighted by molar-refractivity contribution is 7.89. The van der Waals surface area contributed by atoms with Crippen LogP contribution in [0.4, 0.5) is 11.4 Å². The highest BCUT2D eigenvalue weighted by Gasteiger charge is 2.31. The van der Waals surface area contributed by atoms with Crippen molar-refractivity contribution >= 4 is 21.4 Å². The number of sulfonamides is 1. The largest absolute Gasteiger partial charge is 0.385 e. The van der Waals surface area contributed by atoms with Crippen molar-refractivity contribution in [2.45, 2.75) is 38.1 Å². The zero-order valence-corrected chi connectivity index (χ0v) is 13.5. The minimum atomic E-state index is -3.89. The van der Waals surface area contributed by atoms with Crippen molar-refractivity contribution in [3.63, 3.8) is 0 Å². The summed E-state index contributed by atoms with van der Waals surface area (Å²) in [6.07, 6.45) is 0.865. The van der Waals surface area contributed by atoms with Crippen molar-refractivity contribution in [3.05, 3.63) is 28.3 Å². The molecule has 1 aromatic carbocycles. The second-order valence-electron chi connectivity index (χ2n) is 4.98. The standard InChI is InChI=1S/C13H21N3O4S/c1-5-8-14-11-6-7-13(12(9-11)16(17)18)21(19,20)15(4)10(2)3/h6-7,9-10,14H,5,8H2,1-4H3. The fourth-order valence-electron chi connectivity index (χ4n) is 1.69. The second kappa shape index (κ2) is 6.86. The SMILES string of the molecule is CCCNc1ccc(S(=O)(=O)N(C)C(C)C)c([N+](=O)[O-])c1. The van der Waals surface area contributed by atoms with Gasteiger partial charge in [-0.3, -0.25) is 10.1 Å². The van der Waals surface area contributed by atoms with Crippen molar-refractivity contribution in [1.82, 2.24) is 4.31 Å². The molecular formula is C13H21N3O4S. The second-order valence-corrected chi connectivity index (χ2v) is 6.95. The van der Waals surface area contributed by atoms with Gasteiger partial charge in [-0.25, -0.2) is 8.42 Å². The summed E-state index contributed by atoms with van der Waals surface area (Å²) in [6.45, 7) is 6.05. The van der Waals surface area contributed by atoms with E-state index >= 15 is 0 Å². The number of nitro benzene ring substituents is 1. The number of benzene rings is 1. The Morgan fingerprint density at radius 2 is 2.00 bits per heavy atom. The normalized spacial score (nSPS) is 11.9. The van der Waals surface area contributed by atoms with Gasteiger partial charge in [0, 0.05) is 31.4 Å². The maximum absolute atomic E-state index is 12.4. The number of hydrogen-bond donors (Lipinski definition) is 1. The van der Waals surface area contributed by atoms with Crippen molar-refractivity contribution in [2.24, 2.45) is 0 Å². The lowest BCUT2D eigenvalue weighted by Gasteiger charge is -2.21. The van der Waals surface area contributed by atoms with Crippen molar-refractivity contribution in [1.29, 1.82) is 0 Å². The summed E-state index contributed by atoms with van der Waals surface area (Å²) >= 11 is 0. The van der Waals surface area contributed by atoms with Gasteiger partial charge in [-0.2, -0.15) is 4.31 Å². The zero-order valence-electron chi connectivity index (χ0n) is 12.7. The Hall–Kier alpha value is -1.67. The monoisotopic (exact) mass is 315 g/mol. The van der Waals surface area contributed by atoms with Crippen LogP contribution in [0.3, 0.4) is 0 Å². The molecule has 0 aliphatic heterocycles. The molecule has 0 spiro atoms. The molecule has 0 aliphatic rings. The topological polar surface area (TPSA) is 92.6 Å². The van der Waals surface area contributed by atoms with Crippen LogP contribution in [0.25, 0.3) is 0 Å². The average Bonchev–Trinajstić information content (AvgIpc) is 2.43. The van der Waals surface area contributed by atoms with Crippen molar-refractivity contribution < 1.29 is 13.3 Å². The van der Waals surface area contributed by atoms with Crippen LogP contribution in [0, 0.1) is 10.1 Å². The quantitative estimate of drug-likeness (QED) is 0.616. The van der Waals surface area contributed by atoms with Crippen molar-refractivity contribution in [2.75, 3.05) is 18.9 Å². The first-order valence-electron chi connectivity index (χ1n) is 6.72. The molecule has 0 atom stereocenters. The van der Waals surface area contributed by atoms with Crippen molar-refractivity contribution in [3.8, 4) is 0 Å². The van der Waals surface area contributed by atoms with Gasteiger partial charge in [-0.1, -0.05) is 6.92 Å². The summed E-state index contributed by atoms with van der Waals surface area (Å²) in [6, 6.07) is 3.80. The number of nitro groups is 1. The Kier molecular flexibility index (Phi) is 5.68. The third kappa shape index (κ3) is 3.92. The van der Waals surface area contributed by atoms with Gasteiger partial charge >= 0.3 is 0 Å². The van der Waals surface area contributed by atoms with Crippen LogP contribution in [0.2, 0.25) is 0 Å². The Labute approximate surface area is 125 Å². The molecule has 118 valence electrons. The van der Waals surface area contributed by atoms with Gasteiger partial charge in [-0.05, 0) is 32.4 Å². The Morgan fingerprint density at radius 1 is 1.38 bits per heavy atom. The van der Waals surface area contributed by atoms with Gasteiger partial charge < -0.3 is 5.32 Å². The van der Waals surface area contributed by atoms with Gasteiger partial charge in [0.15, 0.2) is 4.90 Å². The summed E-state index contributed by atoms with van der Waals surface area (Å²) in [5.74, 6) is 0. The molecule has 0 saturated carbocycles. The summed E-state index contributed by atoms with van der Waals surface area (Å²) in [4.78, 5) is 10.2. The molecule has 7 nitrogen and oxygen atoms in total. The Balaban J connectivity index is 3.33. The van der Waals surface area contributed by atoms with Gasteiger partial charge in [0.2, 0.25) is 10.0 Å². The summed E-state index contributed by atoms with van der Waals surface area (Å²) in [7, 11) is -2.48. The molecule has 0 bridgehead atoms. The van der Waals surface area contributed by atoms with Crippen LogP contribution in [-0.2, 0) is 10.0 Å². The van der Waals surface area contributed by atoms with E-state index in [-0.39, 0.29) is 10.9 Å². The predicted octanol–water partition coefficient (Wildman–Crippen LogP) is 2.45. The first-order chi connectivity index (χ1) is 9.71. The van der Waals surface area contributed by atoms with Crippen LogP contribution in [-0.4, -0.2) is 37.3 Å². The lowest BCUT2D eigenvalue weighted by atomic mass is 10.2. The Morgan fingerprint density at radius 3 is 2.48 bits per heavy atom. The van der Waals surface area contributed by atoms with Crippen LogP contribution in [0.15, 0.2) is 23.1 Å².